The van der Waals surface area contributed by atoms with E-state index in [1.54, 1.807) is 19.1 Å². The van der Waals surface area contributed by atoms with Gasteiger partial charge in [0.1, 0.15) is 0 Å². The van der Waals surface area contributed by atoms with Crippen LogP contribution in [0.2, 0.25) is 5.02 Å². The van der Waals surface area contributed by atoms with Crippen LogP contribution in [-0.2, 0) is 9.53 Å². The Bertz CT molecular complexity index is 1080. The molecule has 0 bridgehead atoms. The molecule has 1 atom stereocenters. The predicted molar refractivity (Wildman–Crippen MR) is 106 cm³/mol. The second-order valence-corrected chi connectivity index (χ2v) is 6.58. The lowest BCUT2D eigenvalue weighted by molar-refractivity contribution is -0.384. The monoisotopic (exact) mass is 413 g/mol. The summed E-state index contributed by atoms with van der Waals surface area (Å²) < 4.78 is 10.8. The van der Waals surface area contributed by atoms with Crippen LogP contribution >= 0.6 is 11.6 Å². The number of nitro groups is 1. The van der Waals surface area contributed by atoms with Gasteiger partial charge in [0.2, 0.25) is 5.89 Å². The van der Waals surface area contributed by atoms with Crippen molar-refractivity contribution in [2.24, 2.45) is 0 Å². The molecule has 0 saturated heterocycles. The van der Waals surface area contributed by atoms with Gasteiger partial charge in [-0.3, -0.25) is 10.1 Å². The molecule has 2 aromatic carbocycles. The summed E-state index contributed by atoms with van der Waals surface area (Å²) in [5, 5.41) is 19.1. The summed E-state index contributed by atoms with van der Waals surface area (Å²) in [6, 6.07) is 11.1. The van der Waals surface area contributed by atoms with Gasteiger partial charge >= 0.3 is 5.97 Å². The number of esters is 1. The average molecular weight is 414 g/mol. The van der Waals surface area contributed by atoms with E-state index in [4.69, 9.17) is 20.8 Å². The van der Waals surface area contributed by atoms with Gasteiger partial charge in [-0.15, -0.1) is 10.2 Å². The fourth-order valence-electron chi connectivity index (χ4n) is 2.38. The quantitative estimate of drug-likeness (QED) is 0.244. The van der Waals surface area contributed by atoms with Gasteiger partial charge in [-0.2, -0.15) is 0 Å². The summed E-state index contributed by atoms with van der Waals surface area (Å²) in [6.07, 6.45) is 2.11. The van der Waals surface area contributed by atoms with Crippen molar-refractivity contribution in [3.8, 4) is 11.5 Å². The Morgan fingerprint density at radius 2 is 1.97 bits per heavy atom. The van der Waals surface area contributed by atoms with E-state index in [9.17, 15) is 14.9 Å². The van der Waals surface area contributed by atoms with Crippen LogP contribution in [0.15, 0.2) is 53.0 Å². The largest absolute Gasteiger partial charge is 0.449 e. The van der Waals surface area contributed by atoms with E-state index in [0.29, 0.717) is 10.6 Å². The number of carbonyl (C=O) groups is 1. The third kappa shape index (κ3) is 5.05. The number of ether oxygens (including phenoxy) is 1. The molecule has 1 heterocycles. The minimum absolute atomic E-state index is 0.0440. The van der Waals surface area contributed by atoms with Crippen molar-refractivity contribution >= 4 is 29.3 Å². The third-order valence-electron chi connectivity index (χ3n) is 4.01. The molecule has 9 heteroatoms. The summed E-state index contributed by atoms with van der Waals surface area (Å²) in [7, 11) is 0. The van der Waals surface area contributed by atoms with Crippen LogP contribution in [0.4, 0.5) is 5.69 Å². The number of hydrogen-bond acceptors (Lipinski definition) is 7. The Morgan fingerprint density at radius 3 is 2.62 bits per heavy atom. The van der Waals surface area contributed by atoms with Crippen LogP contribution in [0.3, 0.4) is 0 Å². The fraction of sp³-hybridized carbons (Fsp3) is 0.150. The Balaban J connectivity index is 1.64. The van der Waals surface area contributed by atoms with E-state index >= 15 is 0 Å². The van der Waals surface area contributed by atoms with Crippen molar-refractivity contribution < 1.29 is 18.9 Å². The number of benzene rings is 2. The van der Waals surface area contributed by atoms with Crippen molar-refractivity contribution in [3.63, 3.8) is 0 Å². The Labute approximate surface area is 170 Å². The van der Waals surface area contributed by atoms with Crippen LogP contribution in [0, 0.1) is 17.0 Å². The molecule has 0 aliphatic carbocycles. The Kier molecular flexibility index (Phi) is 6.04. The molecule has 1 aromatic heterocycles. The molecule has 0 spiro atoms. The number of rotatable bonds is 6. The number of aromatic nitrogens is 2. The van der Waals surface area contributed by atoms with Crippen molar-refractivity contribution in [1.82, 2.24) is 10.2 Å². The Hall–Kier alpha value is -3.52. The first-order chi connectivity index (χ1) is 13.8. The molecule has 0 aliphatic heterocycles. The lowest BCUT2D eigenvalue weighted by atomic mass is 10.1. The second-order valence-electron chi connectivity index (χ2n) is 6.17. The van der Waals surface area contributed by atoms with Crippen molar-refractivity contribution in [3.05, 3.63) is 80.7 Å². The van der Waals surface area contributed by atoms with Gasteiger partial charge in [0.15, 0.2) is 6.10 Å². The van der Waals surface area contributed by atoms with Gasteiger partial charge in [0, 0.05) is 28.8 Å². The van der Waals surface area contributed by atoms with E-state index in [0.717, 1.165) is 11.1 Å². The number of hydrogen-bond donors (Lipinski definition) is 0. The summed E-state index contributed by atoms with van der Waals surface area (Å²) in [5.74, 6) is -0.301. The molecular weight excluding hydrogens is 398 g/mol. The minimum Gasteiger partial charge on any atom is -0.449 e. The highest BCUT2D eigenvalue weighted by atomic mass is 35.5. The SMILES string of the molecule is Cc1ccc(/C=C/C(=O)O[C@H](C)c2nnc(-c3ccc([N+](=O)[O-])cc3)o2)cc1Cl. The average Bonchev–Trinajstić information content (AvgIpc) is 3.19. The Morgan fingerprint density at radius 1 is 1.24 bits per heavy atom. The fourth-order valence-corrected chi connectivity index (χ4v) is 2.57. The van der Waals surface area contributed by atoms with Gasteiger partial charge in [0.25, 0.3) is 11.6 Å². The first kappa shape index (κ1) is 20.2. The molecule has 0 amide bonds. The number of aryl methyl sites for hydroxylation is 1. The van der Waals surface area contributed by atoms with Gasteiger partial charge in [-0.05, 0) is 49.2 Å². The first-order valence-electron chi connectivity index (χ1n) is 8.56. The van der Waals surface area contributed by atoms with Crippen LogP contribution in [0.1, 0.15) is 30.0 Å². The zero-order valence-corrected chi connectivity index (χ0v) is 16.3. The van der Waals surface area contributed by atoms with E-state index in [-0.39, 0.29) is 17.5 Å². The standard InChI is InChI=1S/C20H16ClN3O5/c1-12-3-4-14(11-17(12)21)5-10-18(25)28-13(2)19-22-23-20(29-19)15-6-8-16(9-7-15)24(26)27/h3-11,13H,1-2H3/b10-5+/t13-/m1/s1. The molecule has 3 aromatic rings. The van der Waals surface area contributed by atoms with Gasteiger partial charge in [-0.1, -0.05) is 23.7 Å². The maximum Gasteiger partial charge on any atom is 0.331 e. The van der Waals surface area contributed by atoms with E-state index in [1.807, 2.05) is 19.1 Å². The zero-order valence-electron chi connectivity index (χ0n) is 15.5. The molecule has 8 nitrogen and oxygen atoms in total. The lowest BCUT2D eigenvalue weighted by Crippen LogP contribution is -2.06. The summed E-state index contributed by atoms with van der Waals surface area (Å²) in [4.78, 5) is 22.3. The van der Waals surface area contributed by atoms with E-state index < -0.39 is 17.0 Å². The molecule has 0 fully saturated rings. The molecular formula is C20H16ClN3O5. The van der Waals surface area contributed by atoms with Crippen molar-refractivity contribution in [2.45, 2.75) is 20.0 Å². The van der Waals surface area contributed by atoms with Crippen molar-refractivity contribution in [2.75, 3.05) is 0 Å². The molecule has 29 heavy (non-hydrogen) atoms. The van der Waals surface area contributed by atoms with Gasteiger partial charge in [-0.25, -0.2) is 4.79 Å². The molecule has 3 rings (SSSR count). The normalized spacial score (nSPS) is 12.1. The molecule has 0 aliphatic rings. The highest BCUT2D eigenvalue weighted by molar-refractivity contribution is 6.31. The predicted octanol–water partition coefficient (Wildman–Crippen LogP) is 4.92. The van der Waals surface area contributed by atoms with Crippen LogP contribution in [-0.4, -0.2) is 21.1 Å². The van der Waals surface area contributed by atoms with Gasteiger partial charge < -0.3 is 9.15 Å². The smallest absolute Gasteiger partial charge is 0.331 e. The summed E-state index contributed by atoms with van der Waals surface area (Å²) >= 11 is 6.06. The van der Waals surface area contributed by atoms with Crippen LogP contribution in [0.25, 0.3) is 17.5 Å². The zero-order chi connectivity index (χ0) is 21.0. The molecule has 0 radical (unpaired) electrons. The first-order valence-corrected chi connectivity index (χ1v) is 8.94. The summed E-state index contributed by atoms with van der Waals surface area (Å²) in [5.41, 5.74) is 2.19. The van der Waals surface area contributed by atoms with Crippen LogP contribution < -0.4 is 0 Å². The van der Waals surface area contributed by atoms with Gasteiger partial charge in [0.05, 0.1) is 4.92 Å². The number of non-ortho nitro benzene ring substituents is 1. The molecule has 148 valence electrons. The highest BCUT2D eigenvalue weighted by Gasteiger charge is 2.18. The molecule has 0 unspecified atom stereocenters. The highest BCUT2D eigenvalue weighted by Crippen LogP contribution is 2.24. The van der Waals surface area contributed by atoms with E-state index in [1.165, 1.54) is 30.3 Å². The third-order valence-corrected chi connectivity index (χ3v) is 4.42. The number of carbonyl (C=O) groups excluding carboxylic acids is 1. The maximum absolute atomic E-state index is 12.0. The number of nitro benzene ring substituents is 1. The molecule has 0 saturated carbocycles. The summed E-state index contributed by atoms with van der Waals surface area (Å²) in [6.45, 7) is 3.49. The number of halogens is 1. The minimum atomic E-state index is -0.770. The molecule has 0 N–H and O–H groups in total. The van der Waals surface area contributed by atoms with Crippen molar-refractivity contribution in [1.29, 1.82) is 0 Å². The second kappa shape index (κ2) is 8.66. The maximum atomic E-state index is 12.0. The number of nitrogens with zero attached hydrogens (tertiary/aromatic N) is 3. The van der Waals surface area contributed by atoms with Crippen LogP contribution in [0.5, 0.6) is 0 Å². The van der Waals surface area contributed by atoms with E-state index in [2.05, 4.69) is 10.2 Å². The lowest BCUT2D eigenvalue weighted by Gasteiger charge is -2.06. The topological polar surface area (TPSA) is 108 Å².